The Hall–Kier alpha value is -1.36. The van der Waals surface area contributed by atoms with E-state index in [0.717, 1.165) is 0 Å². The number of aromatic nitrogens is 1. The average Bonchev–Trinajstić information content (AvgIpc) is 2.70. The molecule has 0 aliphatic heterocycles. The molecular weight excluding hydrogens is 184 g/mol. The van der Waals surface area contributed by atoms with Crippen LogP contribution in [0.1, 0.15) is 18.2 Å². The highest BCUT2D eigenvalue weighted by atomic mass is 16.5. The fourth-order valence-electron chi connectivity index (χ4n) is 1.93. The second-order valence-electron chi connectivity index (χ2n) is 3.63. The summed E-state index contributed by atoms with van der Waals surface area (Å²) in [7, 11) is 1.33. The Balaban J connectivity index is 2.49. The normalized spacial score (nSPS) is 30.1. The zero-order chi connectivity index (χ0) is 10.3. The highest BCUT2D eigenvalue weighted by Crippen LogP contribution is 2.39. The van der Waals surface area contributed by atoms with Gasteiger partial charge in [0.15, 0.2) is 0 Å². The molecule has 5 heteroatoms. The lowest BCUT2D eigenvalue weighted by molar-refractivity contribution is -0.149. The van der Waals surface area contributed by atoms with Crippen molar-refractivity contribution >= 4 is 5.97 Å². The zero-order valence-corrected chi connectivity index (χ0v) is 8.11. The van der Waals surface area contributed by atoms with Gasteiger partial charge in [0.2, 0.25) is 0 Å². The van der Waals surface area contributed by atoms with Crippen LogP contribution in [0.3, 0.4) is 0 Å². The Morgan fingerprint density at radius 1 is 1.86 bits per heavy atom. The van der Waals surface area contributed by atoms with E-state index in [0.29, 0.717) is 17.7 Å². The lowest BCUT2D eigenvalue weighted by Crippen LogP contribution is -2.48. The molecule has 14 heavy (non-hydrogen) atoms. The molecule has 1 aromatic heterocycles. The van der Waals surface area contributed by atoms with E-state index >= 15 is 0 Å². The minimum Gasteiger partial charge on any atom is -0.467 e. The van der Waals surface area contributed by atoms with Gasteiger partial charge in [-0.05, 0) is 5.92 Å². The topological polar surface area (TPSA) is 78.4 Å². The molecule has 0 saturated heterocycles. The first-order chi connectivity index (χ1) is 6.60. The van der Waals surface area contributed by atoms with Crippen molar-refractivity contribution in [3.8, 4) is 0 Å². The van der Waals surface area contributed by atoms with Crippen molar-refractivity contribution in [2.45, 2.75) is 18.9 Å². The van der Waals surface area contributed by atoms with Crippen molar-refractivity contribution in [3.63, 3.8) is 0 Å². The summed E-state index contributed by atoms with van der Waals surface area (Å²) < 4.78 is 9.70. The first-order valence-electron chi connectivity index (χ1n) is 4.42. The summed E-state index contributed by atoms with van der Waals surface area (Å²) in [5.41, 5.74) is 5.59. The third-order valence-electron chi connectivity index (χ3n) is 2.88. The predicted molar refractivity (Wildman–Crippen MR) is 47.3 cm³/mol. The molecule has 0 fully saturated rings. The predicted octanol–water partition coefficient (Wildman–Crippen LogP) is 0.194. The number of rotatable bonds is 1. The third-order valence-corrected chi connectivity index (χ3v) is 2.88. The van der Waals surface area contributed by atoms with E-state index in [2.05, 4.69) is 5.16 Å². The number of esters is 1. The highest BCUT2D eigenvalue weighted by molar-refractivity contribution is 5.84. The summed E-state index contributed by atoms with van der Waals surface area (Å²) in [5, 5.41) is 3.63. The van der Waals surface area contributed by atoms with Gasteiger partial charge < -0.3 is 15.0 Å². The van der Waals surface area contributed by atoms with Gasteiger partial charge in [0.25, 0.3) is 0 Å². The van der Waals surface area contributed by atoms with Crippen molar-refractivity contribution in [3.05, 3.63) is 17.5 Å². The maximum Gasteiger partial charge on any atom is 0.330 e. The van der Waals surface area contributed by atoms with Crippen LogP contribution in [0.2, 0.25) is 0 Å². The Morgan fingerprint density at radius 2 is 2.57 bits per heavy atom. The van der Waals surface area contributed by atoms with Gasteiger partial charge in [0.05, 0.1) is 13.3 Å². The summed E-state index contributed by atoms with van der Waals surface area (Å²) in [6.07, 6.45) is 2.12. The molecule has 2 atom stereocenters. The number of hydrogen-bond donors (Lipinski definition) is 1. The van der Waals surface area contributed by atoms with E-state index in [9.17, 15) is 4.79 Å². The molecule has 1 heterocycles. The maximum atomic E-state index is 11.6. The van der Waals surface area contributed by atoms with Gasteiger partial charge in [-0.25, -0.2) is 4.79 Å². The van der Waals surface area contributed by atoms with Crippen LogP contribution in [0.5, 0.6) is 0 Å². The van der Waals surface area contributed by atoms with Crippen LogP contribution >= 0.6 is 0 Å². The van der Waals surface area contributed by atoms with E-state index < -0.39 is 11.5 Å². The highest BCUT2D eigenvalue weighted by Gasteiger charge is 2.51. The fraction of sp³-hybridized carbons (Fsp3) is 0.556. The van der Waals surface area contributed by atoms with Crippen molar-refractivity contribution < 1.29 is 14.1 Å². The number of methoxy groups -OCH3 is 1. The molecule has 0 amide bonds. The summed E-state index contributed by atoms with van der Waals surface area (Å²) in [4.78, 5) is 11.6. The van der Waals surface area contributed by atoms with Crippen molar-refractivity contribution in [1.82, 2.24) is 5.16 Å². The molecule has 1 aliphatic rings. The second kappa shape index (κ2) is 2.81. The van der Waals surface area contributed by atoms with E-state index in [1.165, 1.54) is 13.3 Å². The zero-order valence-electron chi connectivity index (χ0n) is 8.11. The standard InChI is InChI=1S/C9H12N2O3/c1-5-3-7-6(4-11-14-7)9(5,10)8(12)13-2/h4-5H,3,10H2,1-2H3. The van der Waals surface area contributed by atoms with Crippen LogP contribution in [0.4, 0.5) is 0 Å². The SMILES string of the molecule is COC(=O)C1(N)c2cnoc2CC1C. The van der Waals surface area contributed by atoms with Crippen LogP contribution in [-0.4, -0.2) is 18.2 Å². The van der Waals surface area contributed by atoms with Gasteiger partial charge >= 0.3 is 5.97 Å². The largest absolute Gasteiger partial charge is 0.467 e. The number of nitrogens with two attached hydrogens (primary N) is 1. The minimum atomic E-state index is -1.09. The summed E-state index contributed by atoms with van der Waals surface area (Å²) in [5.74, 6) is 0.226. The first-order valence-corrected chi connectivity index (χ1v) is 4.42. The van der Waals surface area contributed by atoms with Crippen LogP contribution in [0, 0.1) is 5.92 Å². The van der Waals surface area contributed by atoms with Gasteiger partial charge in [-0.15, -0.1) is 0 Å². The number of nitrogens with zero attached hydrogens (tertiary/aromatic N) is 1. The molecule has 0 spiro atoms. The minimum absolute atomic E-state index is 0.0216. The average molecular weight is 196 g/mol. The quantitative estimate of drug-likeness (QED) is 0.649. The molecule has 0 radical (unpaired) electrons. The van der Waals surface area contributed by atoms with Gasteiger partial charge in [-0.3, -0.25) is 0 Å². The molecule has 0 aromatic carbocycles. The van der Waals surface area contributed by atoms with Gasteiger partial charge in [0.1, 0.15) is 11.3 Å². The lowest BCUT2D eigenvalue weighted by atomic mass is 9.86. The molecule has 1 aliphatic carbocycles. The fourth-order valence-corrected chi connectivity index (χ4v) is 1.93. The first kappa shape index (κ1) is 9.21. The molecule has 0 bridgehead atoms. The Labute approximate surface area is 81.2 Å². The number of carbonyl (C=O) groups excluding carboxylic acids is 1. The lowest BCUT2D eigenvalue weighted by Gasteiger charge is -2.25. The van der Waals surface area contributed by atoms with Gasteiger partial charge in [-0.2, -0.15) is 0 Å². The summed E-state index contributed by atoms with van der Waals surface area (Å²) in [6, 6.07) is 0. The van der Waals surface area contributed by atoms with Crippen molar-refractivity contribution in [2.24, 2.45) is 11.7 Å². The number of fused-ring (bicyclic) bond motifs is 1. The van der Waals surface area contributed by atoms with E-state index in [1.54, 1.807) is 0 Å². The van der Waals surface area contributed by atoms with Crippen molar-refractivity contribution in [2.75, 3.05) is 7.11 Å². The monoisotopic (exact) mass is 196 g/mol. The molecular formula is C9H12N2O3. The third kappa shape index (κ3) is 0.928. The van der Waals surface area contributed by atoms with E-state index in [4.69, 9.17) is 15.0 Å². The van der Waals surface area contributed by atoms with Crippen LogP contribution < -0.4 is 5.73 Å². The van der Waals surface area contributed by atoms with Crippen molar-refractivity contribution in [1.29, 1.82) is 0 Å². The maximum absolute atomic E-state index is 11.6. The molecule has 76 valence electrons. The van der Waals surface area contributed by atoms with E-state index in [-0.39, 0.29) is 5.92 Å². The Bertz CT molecular complexity index is 374. The van der Waals surface area contributed by atoms with Crippen LogP contribution in [0.15, 0.2) is 10.7 Å². The number of carbonyl (C=O) groups is 1. The number of ether oxygens (including phenoxy) is 1. The summed E-state index contributed by atoms with van der Waals surface area (Å²) in [6.45, 7) is 1.90. The summed E-state index contributed by atoms with van der Waals surface area (Å²) >= 11 is 0. The van der Waals surface area contributed by atoms with Gasteiger partial charge in [-0.1, -0.05) is 12.1 Å². The van der Waals surface area contributed by atoms with Gasteiger partial charge in [0, 0.05) is 12.0 Å². The van der Waals surface area contributed by atoms with E-state index in [1.807, 2.05) is 6.92 Å². The van der Waals surface area contributed by atoms with Crippen LogP contribution in [0.25, 0.3) is 0 Å². The molecule has 0 saturated carbocycles. The smallest absolute Gasteiger partial charge is 0.330 e. The molecule has 2 unspecified atom stereocenters. The molecule has 2 N–H and O–H groups in total. The Kier molecular flexibility index (Phi) is 1.85. The molecule has 2 rings (SSSR count). The van der Waals surface area contributed by atoms with Crippen LogP contribution in [-0.2, 0) is 21.5 Å². The second-order valence-corrected chi connectivity index (χ2v) is 3.63. The Morgan fingerprint density at radius 3 is 3.21 bits per heavy atom. The molecule has 5 nitrogen and oxygen atoms in total. The number of hydrogen-bond acceptors (Lipinski definition) is 5. The molecule has 1 aromatic rings.